The normalized spacial score (nSPS) is 21.8. The second-order valence-corrected chi connectivity index (χ2v) is 9.99. The molecule has 1 amide bonds. The van der Waals surface area contributed by atoms with Crippen LogP contribution in [0.3, 0.4) is 0 Å². The first-order chi connectivity index (χ1) is 15.8. The maximum Gasteiger partial charge on any atom is 0.410 e. The van der Waals surface area contributed by atoms with E-state index in [0.717, 1.165) is 37.7 Å². The molecule has 1 N–H and O–H groups in total. The van der Waals surface area contributed by atoms with Gasteiger partial charge < -0.3 is 19.7 Å². The summed E-state index contributed by atoms with van der Waals surface area (Å²) in [5.41, 5.74) is 1.62. The van der Waals surface area contributed by atoms with E-state index in [-0.39, 0.29) is 23.2 Å². The van der Waals surface area contributed by atoms with Crippen molar-refractivity contribution >= 4 is 29.2 Å². The molecule has 3 aliphatic rings. The Labute approximate surface area is 197 Å². The summed E-state index contributed by atoms with van der Waals surface area (Å²) in [5, 5.41) is 12.7. The monoisotopic (exact) mass is 467 g/mol. The molecule has 172 valence electrons. The molecule has 2 heterocycles. The van der Waals surface area contributed by atoms with E-state index in [1.165, 1.54) is 6.33 Å². The average Bonchev–Trinajstić information content (AvgIpc) is 3.72. The number of hydrogen-bond donors (Lipinski definition) is 1. The second-order valence-electron chi connectivity index (χ2n) is 9.58. The Morgan fingerprint density at radius 3 is 2.76 bits per heavy atom. The zero-order valence-corrected chi connectivity index (χ0v) is 19.5. The number of halogens is 1. The number of amides is 1. The van der Waals surface area contributed by atoms with Crippen LogP contribution >= 0.6 is 11.6 Å². The number of carbonyl (C=O) groups is 1. The number of hydrogen-bond acceptors (Lipinski definition) is 7. The molecule has 5 rings (SSSR count). The van der Waals surface area contributed by atoms with Gasteiger partial charge in [0.25, 0.3) is 0 Å². The van der Waals surface area contributed by atoms with Gasteiger partial charge in [-0.3, -0.25) is 0 Å². The van der Waals surface area contributed by atoms with Gasteiger partial charge >= 0.3 is 6.09 Å². The number of nitrogens with one attached hydrogen (secondary N) is 1. The number of anilines is 2. The van der Waals surface area contributed by atoms with Gasteiger partial charge in [0.2, 0.25) is 5.88 Å². The number of aromatic nitrogens is 2. The van der Waals surface area contributed by atoms with Crippen LogP contribution in [0.1, 0.15) is 50.2 Å². The molecule has 1 unspecified atom stereocenters. The van der Waals surface area contributed by atoms with Crippen LogP contribution < -0.4 is 10.1 Å². The molecular weight excluding hydrogens is 442 g/mol. The van der Waals surface area contributed by atoms with Gasteiger partial charge in [0.1, 0.15) is 23.9 Å². The lowest BCUT2D eigenvalue weighted by Crippen LogP contribution is -2.50. The Bertz CT molecular complexity index is 1140. The van der Waals surface area contributed by atoms with Crippen molar-refractivity contribution in [3.63, 3.8) is 0 Å². The predicted molar refractivity (Wildman–Crippen MR) is 123 cm³/mol. The van der Waals surface area contributed by atoms with Crippen LogP contribution in [0.25, 0.3) is 0 Å². The highest BCUT2D eigenvalue weighted by atomic mass is 35.5. The minimum atomic E-state index is -0.263. The fourth-order valence-electron chi connectivity index (χ4n) is 4.30. The van der Waals surface area contributed by atoms with Gasteiger partial charge in [-0.25, -0.2) is 14.8 Å². The second kappa shape index (κ2) is 8.07. The molecule has 2 aromatic rings. The molecule has 1 spiro atoms. The number of carbonyl (C=O) groups excluding carboxylic acids is 1. The van der Waals surface area contributed by atoms with Crippen molar-refractivity contribution in [2.75, 3.05) is 18.4 Å². The molecule has 8 nitrogen and oxygen atoms in total. The molecule has 2 saturated carbocycles. The first-order valence-electron chi connectivity index (χ1n) is 11.2. The summed E-state index contributed by atoms with van der Waals surface area (Å²) >= 11 is 6.30. The molecule has 33 heavy (non-hydrogen) atoms. The van der Waals surface area contributed by atoms with Crippen molar-refractivity contribution in [2.45, 2.75) is 57.7 Å². The van der Waals surface area contributed by atoms with E-state index in [1.807, 2.05) is 18.7 Å². The van der Waals surface area contributed by atoms with E-state index in [1.54, 1.807) is 18.2 Å². The lowest BCUT2D eigenvalue weighted by atomic mass is 9.91. The molecule has 1 aromatic heterocycles. The van der Waals surface area contributed by atoms with Crippen LogP contribution in [0.2, 0.25) is 5.02 Å². The minimum Gasteiger partial charge on any atom is -0.473 e. The number of likely N-dealkylation sites (tertiary alicyclic amines) is 1. The topological polar surface area (TPSA) is 100 Å². The van der Waals surface area contributed by atoms with Crippen LogP contribution in [0, 0.1) is 23.7 Å². The summed E-state index contributed by atoms with van der Waals surface area (Å²) in [6, 6.07) is 7.13. The number of rotatable bonds is 5. The summed E-state index contributed by atoms with van der Waals surface area (Å²) in [6.45, 7) is 5.15. The molecular formula is C24H26ClN5O3. The van der Waals surface area contributed by atoms with Crippen molar-refractivity contribution in [1.29, 1.82) is 5.26 Å². The van der Waals surface area contributed by atoms with Gasteiger partial charge in [-0.1, -0.05) is 11.6 Å². The largest absolute Gasteiger partial charge is 0.473 e. The van der Waals surface area contributed by atoms with Crippen molar-refractivity contribution in [2.24, 2.45) is 5.41 Å². The van der Waals surface area contributed by atoms with Gasteiger partial charge in [-0.05, 0) is 57.7 Å². The molecule has 0 bridgehead atoms. The van der Waals surface area contributed by atoms with E-state index >= 15 is 0 Å². The lowest BCUT2D eigenvalue weighted by molar-refractivity contribution is 0.00541. The minimum absolute atomic E-state index is 0.0157. The third-order valence-electron chi connectivity index (χ3n) is 6.93. The van der Waals surface area contributed by atoms with Gasteiger partial charge in [-0.15, -0.1) is 0 Å². The summed E-state index contributed by atoms with van der Waals surface area (Å²) in [7, 11) is 0. The Morgan fingerprint density at radius 1 is 1.30 bits per heavy atom. The van der Waals surface area contributed by atoms with Crippen molar-refractivity contribution in [3.8, 4) is 11.9 Å². The highest BCUT2D eigenvalue weighted by Gasteiger charge is 2.56. The standard InChI is InChI=1S/C24H26ClN5O3/c1-15-20(29-18-4-3-16(12-26)11-17(18)25)27-14-28-21(15)32-19-5-10-30(13-24(19)8-9-24)22(31)33-23(2)6-7-23/h3-4,11,14,19H,5-10,13H2,1-2H3,(H,27,28,29). The average molecular weight is 468 g/mol. The highest BCUT2D eigenvalue weighted by Crippen LogP contribution is 2.54. The fourth-order valence-corrected chi connectivity index (χ4v) is 4.53. The maximum absolute atomic E-state index is 12.6. The van der Waals surface area contributed by atoms with Crippen molar-refractivity contribution in [3.05, 3.63) is 40.7 Å². The summed E-state index contributed by atoms with van der Waals surface area (Å²) in [5.74, 6) is 1.12. The van der Waals surface area contributed by atoms with Crippen LogP contribution in [0.5, 0.6) is 5.88 Å². The summed E-state index contributed by atoms with van der Waals surface area (Å²) in [4.78, 5) is 23.1. The lowest BCUT2D eigenvalue weighted by Gasteiger charge is -2.38. The van der Waals surface area contributed by atoms with E-state index in [2.05, 4.69) is 21.4 Å². The van der Waals surface area contributed by atoms with E-state index in [9.17, 15) is 4.79 Å². The first-order valence-corrected chi connectivity index (χ1v) is 11.6. The van der Waals surface area contributed by atoms with Gasteiger partial charge in [0.15, 0.2) is 0 Å². The molecule has 1 aliphatic heterocycles. The Kier molecular flexibility index (Phi) is 5.32. The SMILES string of the molecule is Cc1c(Nc2ccc(C#N)cc2Cl)ncnc1OC1CCN(C(=O)OC2(C)CC2)CC12CC2. The predicted octanol–water partition coefficient (Wildman–Crippen LogP) is 4.98. The molecule has 2 aliphatic carbocycles. The summed E-state index contributed by atoms with van der Waals surface area (Å²) < 4.78 is 12.1. The number of nitrogens with zero attached hydrogens (tertiary/aromatic N) is 4. The number of benzene rings is 1. The zero-order chi connectivity index (χ0) is 23.2. The van der Waals surface area contributed by atoms with Crippen LogP contribution in [-0.4, -0.2) is 45.8 Å². The third kappa shape index (κ3) is 4.42. The fraction of sp³-hybridized carbons (Fsp3) is 0.500. The van der Waals surface area contributed by atoms with Crippen molar-refractivity contribution < 1.29 is 14.3 Å². The number of ether oxygens (including phenoxy) is 2. The molecule has 0 radical (unpaired) electrons. The van der Waals surface area contributed by atoms with Crippen LogP contribution in [0.4, 0.5) is 16.3 Å². The van der Waals surface area contributed by atoms with E-state index in [4.69, 9.17) is 26.3 Å². The molecule has 3 fully saturated rings. The highest BCUT2D eigenvalue weighted by molar-refractivity contribution is 6.33. The van der Waals surface area contributed by atoms with Gasteiger partial charge in [0, 0.05) is 24.9 Å². The number of nitriles is 1. The van der Waals surface area contributed by atoms with Crippen molar-refractivity contribution in [1.82, 2.24) is 14.9 Å². The number of piperidine rings is 1. The zero-order valence-electron chi connectivity index (χ0n) is 18.7. The quantitative estimate of drug-likeness (QED) is 0.661. The first kappa shape index (κ1) is 21.8. The van der Waals surface area contributed by atoms with Gasteiger partial charge in [0.05, 0.1) is 27.9 Å². The summed E-state index contributed by atoms with van der Waals surface area (Å²) in [6.07, 6.45) is 5.91. The Morgan fingerprint density at radius 2 is 2.09 bits per heavy atom. The van der Waals surface area contributed by atoms with Gasteiger partial charge in [-0.2, -0.15) is 5.26 Å². The third-order valence-corrected chi connectivity index (χ3v) is 7.24. The smallest absolute Gasteiger partial charge is 0.410 e. The maximum atomic E-state index is 12.6. The molecule has 1 aromatic carbocycles. The van der Waals surface area contributed by atoms with Crippen LogP contribution in [-0.2, 0) is 4.74 Å². The Balaban J connectivity index is 1.27. The molecule has 1 saturated heterocycles. The van der Waals surface area contributed by atoms with Crippen LogP contribution in [0.15, 0.2) is 24.5 Å². The molecule has 1 atom stereocenters. The van der Waals surface area contributed by atoms with E-state index in [0.29, 0.717) is 41.1 Å². The Hall–Kier alpha value is -3.05. The van der Waals surface area contributed by atoms with E-state index < -0.39 is 0 Å². The molecule has 9 heteroatoms.